The maximum absolute atomic E-state index is 10.3. The Hall–Kier alpha value is -2.62. The van der Waals surface area contributed by atoms with E-state index in [0.29, 0.717) is 6.54 Å². The Balaban J connectivity index is 1.49. The third-order valence-electron chi connectivity index (χ3n) is 4.85. The summed E-state index contributed by atoms with van der Waals surface area (Å²) in [6.45, 7) is 2.97. The van der Waals surface area contributed by atoms with Crippen molar-refractivity contribution in [3.05, 3.63) is 90.5 Å². The molecule has 3 nitrogen and oxygen atoms in total. The topological polar surface area (TPSA) is 32.7 Å². The molecule has 3 aromatic carbocycles. The van der Waals surface area contributed by atoms with Crippen LogP contribution in [0.5, 0.6) is 5.75 Å². The number of likely N-dealkylation sites (N-methyl/N-ethyl adjacent to an activating group) is 1. The number of hydrogen-bond donors (Lipinski definition) is 1. The summed E-state index contributed by atoms with van der Waals surface area (Å²) in [5, 5.41) is 10.3. The van der Waals surface area contributed by atoms with E-state index in [2.05, 4.69) is 36.1 Å². The highest BCUT2D eigenvalue weighted by Crippen LogP contribution is 2.22. The summed E-state index contributed by atoms with van der Waals surface area (Å²) in [6, 6.07) is 28.8. The minimum Gasteiger partial charge on any atom is -0.491 e. The predicted octanol–water partition coefficient (Wildman–Crippen LogP) is 4.79. The Morgan fingerprint density at radius 1 is 0.815 bits per heavy atom. The van der Waals surface area contributed by atoms with Crippen molar-refractivity contribution in [1.29, 1.82) is 0 Å². The number of ether oxygens (including phenoxy) is 1. The molecule has 0 saturated carbocycles. The summed E-state index contributed by atoms with van der Waals surface area (Å²) in [7, 11) is 2.02. The summed E-state index contributed by atoms with van der Waals surface area (Å²) < 4.78 is 5.77. The van der Waals surface area contributed by atoms with Crippen LogP contribution in [0.3, 0.4) is 0 Å². The lowest BCUT2D eigenvalue weighted by Crippen LogP contribution is -2.34. The van der Waals surface area contributed by atoms with Gasteiger partial charge in [-0.3, -0.25) is 4.90 Å². The van der Waals surface area contributed by atoms with Gasteiger partial charge < -0.3 is 9.84 Å². The zero-order valence-electron chi connectivity index (χ0n) is 16.0. The number of nitrogens with zero attached hydrogens (tertiary/aromatic N) is 1. The molecular formula is C24H27NO2. The SMILES string of the molecule is CC(c1ccccc1)N(C)CC(O)COc1ccc(-c2ccccc2)cc1. The van der Waals surface area contributed by atoms with E-state index in [1.807, 2.05) is 67.7 Å². The second-order valence-electron chi connectivity index (χ2n) is 6.88. The van der Waals surface area contributed by atoms with Crippen LogP contribution in [0.25, 0.3) is 11.1 Å². The molecule has 3 rings (SSSR count). The highest BCUT2D eigenvalue weighted by Gasteiger charge is 2.15. The Bertz CT molecular complexity index is 803. The van der Waals surface area contributed by atoms with Crippen molar-refractivity contribution in [3.63, 3.8) is 0 Å². The van der Waals surface area contributed by atoms with Gasteiger partial charge in [-0.05, 0) is 42.8 Å². The van der Waals surface area contributed by atoms with E-state index in [1.54, 1.807) is 0 Å². The van der Waals surface area contributed by atoms with Gasteiger partial charge in [-0.15, -0.1) is 0 Å². The highest BCUT2D eigenvalue weighted by atomic mass is 16.5. The third kappa shape index (κ3) is 5.43. The first kappa shape index (κ1) is 19.2. The number of rotatable bonds is 8. The van der Waals surface area contributed by atoms with E-state index in [-0.39, 0.29) is 12.6 Å². The first-order chi connectivity index (χ1) is 13.1. The fourth-order valence-electron chi connectivity index (χ4n) is 3.10. The molecule has 3 heteroatoms. The summed E-state index contributed by atoms with van der Waals surface area (Å²) in [5.41, 5.74) is 3.57. The summed E-state index contributed by atoms with van der Waals surface area (Å²) in [4.78, 5) is 2.14. The molecule has 0 aromatic heterocycles. The molecule has 2 unspecified atom stereocenters. The normalized spacial score (nSPS) is 13.3. The molecule has 0 aliphatic heterocycles. The maximum Gasteiger partial charge on any atom is 0.119 e. The molecule has 0 spiro atoms. The van der Waals surface area contributed by atoms with Crippen LogP contribution in [0.4, 0.5) is 0 Å². The quantitative estimate of drug-likeness (QED) is 0.626. The van der Waals surface area contributed by atoms with Crippen LogP contribution in [0.2, 0.25) is 0 Å². The smallest absolute Gasteiger partial charge is 0.119 e. The average Bonchev–Trinajstić information content (AvgIpc) is 2.73. The summed E-state index contributed by atoms with van der Waals surface area (Å²) in [5.74, 6) is 0.771. The lowest BCUT2D eigenvalue weighted by Gasteiger charge is -2.27. The number of aliphatic hydroxyl groups is 1. The van der Waals surface area contributed by atoms with Gasteiger partial charge in [0.2, 0.25) is 0 Å². The largest absolute Gasteiger partial charge is 0.491 e. The average molecular weight is 361 g/mol. The van der Waals surface area contributed by atoms with Gasteiger partial charge >= 0.3 is 0 Å². The molecule has 0 aliphatic rings. The van der Waals surface area contributed by atoms with E-state index < -0.39 is 6.10 Å². The van der Waals surface area contributed by atoms with Crippen molar-refractivity contribution in [2.24, 2.45) is 0 Å². The summed E-state index contributed by atoms with van der Waals surface area (Å²) in [6.07, 6.45) is -0.546. The zero-order valence-corrected chi connectivity index (χ0v) is 16.0. The highest BCUT2D eigenvalue weighted by molar-refractivity contribution is 5.63. The van der Waals surface area contributed by atoms with Crippen molar-refractivity contribution in [1.82, 2.24) is 4.90 Å². The lowest BCUT2D eigenvalue weighted by atomic mass is 10.1. The van der Waals surface area contributed by atoms with Crippen LogP contribution in [-0.2, 0) is 0 Å². The van der Waals surface area contributed by atoms with E-state index in [9.17, 15) is 5.11 Å². The maximum atomic E-state index is 10.3. The molecule has 140 valence electrons. The van der Waals surface area contributed by atoms with Crippen molar-refractivity contribution in [3.8, 4) is 16.9 Å². The minimum atomic E-state index is -0.546. The molecule has 0 saturated heterocycles. The molecular weight excluding hydrogens is 334 g/mol. The first-order valence-electron chi connectivity index (χ1n) is 9.35. The molecule has 0 bridgehead atoms. The molecule has 0 radical (unpaired) electrons. The zero-order chi connectivity index (χ0) is 19.1. The van der Waals surface area contributed by atoms with Gasteiger partial charge in [0, 0.05) is 12.6 Å². The van der Waals surface area contributed by atoms with Crippen LogP contribution >= 0.6 is 0 Å². The fourth-order valence-corrected chi connectivity index (χ4v) is 3.10. The Kier molecular flexibility index (Phi) is 6.64. The molecule has 0 amide bonds. The van der Waals surface area contributed by atoms with Gasteiger partial charge in [-0.1, -0.05) is 72.8 Å². The Morgan fingerprint density at radius 3 is 2.00 bits per heavy atom. The number of hydrogen-bond acceptors (Lipinski definition) is 3. The van der Waals surface area contributed by atoms with Crippen molar-refractivity contribution in [2.75, 3.05) is 20.2 Å². The number of aliphatic hydroxyl groups excluding tert-OH is 1. The molecule has 27 heavy (non-hydrogen) atoms. The predicted molar refractivity (Wildman–Crippen MR) is 111 cm³/mol. The molecule has 1 N–H and O–H groups in total. The summed E-state index contributed by atoms with van der Waals surface area (Å²) >= 11 is 0. The molecule has 3 aromatic rings. The van der Waals surface area contributed by atoms with Gasteiger partial charge in [-0.25, -0.2) is 0 Å². The van der Waals surface area contributed by atoms with Gasteiger partial charge in [0.05, 0.1) is 0 Å². The van der Waals surface area contributed by atoms with Crippen molar-refractivity contribution >= 4 is 0 Å². The van der Waals surface area contributed by atoms with Crippen LogP contribution in [0.15, 0.2) is 84.9 Å². The monoisotopic (exact) mass is 361 g/mol. The van der Waals surface area contributed by atoms with Crippen molar-refractivity contribution in [2.45, 2.75) is 19.1 Å². The van der Waals surface area contributed by atoms with Crippen LogP contribution < -0.4 is 4.74 Å². The van der Waals surface area contributed by atoms with Gasteiger partial charge in [0.15, 0.2) is 0 Å². The minimum absolute atomic E-state index is 0.242. The standard InChI is InChI=1S/C24H27NO2/c1-19(20-9-5-3-6-10-20)25(2)17-23(26)18-27-24-15-13-22(14-16-24)21-11-7-4-8-12-21/h3-16,19,23,26H,17-18H2,1-2H3. The van der Waals surface area contributed by atoms with Gasteiger partial charge in [0.25, 0.3) is 0 Å². The second kappa shape index (κ2) is 9.36. The second-order valence-corrected chi connectivity index (χ2v) is 6.88. The van der Waals surface area contributed by atoms with Gasteiger partial charge in [0.1, 0.15) is 18.5 Å². The number of benzene rings is 3. The van der Waals surface area contributed by atoms with Crippen molar-refractivity contribution < 1.29 is 9.84 Å². The Labute approximate surface area is 161 Å². The van der Waals surface area contributed by atoms with Gasteiger partial charge in [-0.2, -0.15) is 0 Å². The van der Waals surface area contributed by atoms with Crippen LogP contribution in [0, 0.1) is 0 Å². The van der Waals surface area contributed by atoms with E-state index in [0.717, 1.165) is 11.3 Å². The fraction of sp³-hybridized carbons (Fsp3) is 0.250. The molecule has 0 fully saturated rings. The van der Waals surface area contributed by atoms with Crippen LogP contribution in [0.1, 0.15) is 18.5 Å². The first-order valence-corrected chi connectivity index (χ1v) is 9.35. The third-order valence-corrected chi connectivity index (χ3v) is 4.85. The van der Waals surface area contributed by atoms with E-state index in [1.165, 1.54) is 11.1 Å². The molecule has 0 heterocycles. The lowest BCUT2D eigenvalue weighted by molar-refractivity contribution is 0.0654. The van der Waals surface area contributed by atoms with E-state index in [4.69, 9.17) is 4.74 Å². The molecule has 0 aliphatic carbocycles. The van der Waals surface area contributed by atoms with E-state index >= 15 is 0 Å². The van der Waals surface area contributed by atoms with Crippen LogP contribution in [-0.4, -0.2) is 36.3 Å². The molecule has 2 atom stereocenters. The Morgan fingerprint density at radius 2 is 1.37 bits per heavy atom.